The molecule has 0 heterocycles. The molecule has 1 aliphatic rings. The first-order valence-corrected chi connectivity index (χ1v) is 4.67. The van der Waals surface area contributed by atoms with E-state index in [9.17, 15) is 23.1 Å². The number of hydrogen-bond acceptors (Lipinski definition) is 3. The maximum atomic E-state index is 12.4. The number of hydrogen-bond donors (Lipinski definition) is 1. The van der Waals surface area contributed by atoms with Crippen molar-refractivity contribution in [2.45, 2.75) is 37.5 Å². The van der Waals surface area contributed by atoms with Crippen LogP contribution in [0.2, 0.25) is 0 Å². The molecule has 15 heavy (non-hydrogen) atoms. The van der Waals surface area contributed by atoms with E-state index >= 15 is 0 Å². The molecule has 0 aliphatic heterocycles. The molecule has 0 unspecified atom stereocenters. The number of aliphatic hydroxyl groups is 1. The summed E-state index contributed by atoms with van der Waals surface area (Å²) in [5.41, 5.74) is -2.63. The Labute approximate surface area is 85.2 Å². The highest BCUT2D eigenvalue weighted by molar-refractivity contribution is 5.72. The fraction of sp³-hybridized carbons (Fsp3) is 0.889. The van der Waals surface area contributed by atoms with Crippen molar-refractivity contribution in [3.05, 3.63) is 0 Å². The van der Waals surface area contributed by atoms with Crippen LogP contribution in [0.1, 0.15) is 25.7 Å². The molecule has 1 aliphatic carbocycles. The predicted molar refractivity (Wildman–Crippen MR) is 45.0 cm³/mol. The van der Waals surface area contributed by atoms with E-state index in [1.807, 2.05) is 0 Å². The molecular formula is C9H13F3O3. The van der Waals surface area contributed by atoms with Gasteiger partial charge in [-0.2, -0.15) is 13.2 Å². The van der Waals surface area contributed by atoms with Crippen molar-refractivity contribution in [1.82, 2.24) is 0 Å². The zero-order chi connectivity index (χ0) is 11.7. The van der Waals surface area contributed by atoms with Gasteiger partial charge >= 0.3 is 12.1 Å². The van der Waals surface area contributed by atoms with Crippen LogP contribution in [0.15, 0.2) is 0 Å². The largest absolute Gasteiger partial charge is 0.469 e. The monoisotopic (exact) mass is 226 g/mol. The second-order valence-corrected chi connectivity index (χ2v) is 3.83. The summed E-state index contributed by atoms with van der Waals surface area (Å²) >= 11 is 0. The Balaban J connectivity index is 2.59. The van der Waals surface area contributed by atoms with Crippen LogP contribution in [-0.4, -0.2) is 30.0 Å². The average molecular weight is 226 g/mol. The third kappa shape index (κ3) is 2.42. The standard InChI is InChI=1S/C9H13F3O3/c1-15-7(13)6-2-4-8(14,5-3-6)9(10,11)12/h6,14H,2-5H2,1H3. The summed E-state index contributed by atoms with van der Waals surface area (Å²) in [7, 11) is 1.20. The Morgan fingerprint density at radius 3 is 2.20 bits per heavy atom. The van der Waals surface area contributed by atoms with Gasteiger partial charge in [0.05, 0.1) is 13.0 Å². The number of esters is 1. The Bertz CT molecular complexity index is 241. The van der Waals surface area contributed by atoms with Crippen molar-refractivity contribution >= 4 is 5.97 Å². The highest BCUT2D eigenvalue weighted by Crippen LogP contribution is 2.43. The van der Waals surface area contributed by atoms with E-state index in [-0.39, 0.29) is 12.8 Å². The van der Waals surface area contributed by atoms with Crippen molar-refractivity contribution in [3.8, 4) is 0 Å². The molecule has 1 N–H and O–H groups in total. The lowest BCUT2D eigenvalue weighted by Crippen LogP contribution is -2.48. The molecule has 1 rings (SSSR count). The number of methoxy groups -OCH3 is 1. The van der Waals surface area contributed by atoms with Gasteiger partial charge in [-0.05, 0) is 25.7 Å². The van der Waals surface area contributed by atoms with Crippen LogP contribution < -0.4 is 0 Å². The van der Waals surface area contributed by atoms with Crippen molar-refractivity contribution in [1.29, 1.82) is 0 Å². The van der Waals surface area contributed by atoms with Crippen LogP contribution in [-0.2, 0) is 9.53 Å². The molecule has 0 spiro atoms. The molecule has 0 aromatic carbocycles. The van der Waals surface area contributed by atoms with Gasteiger partial charge in [0.1, 0.15) is 0 Å². The minimum atomic E-state index is -4.62. The minimum absolute atomic E-state index is 0.0166. The van der Waals surface area contributed by atoms with E-state index in [4.69, 9.17) is 0 Å². The minimum Gasteiger partial charge on any atom is -0.469 e. The molecule has 3 nitrogen and oxygen atoms in total. The molecular weight excluding hydrogens is 213 g/mol. The fourth-order valence-electron chi connectivity index (χ4n) is 1.78. The topological polar surface area (TPSA) is 46.5 Å². The van der Waals surface area contributed by atoms with Gasteiger partial charge in [0.2, 0.25) is 0 Å². The van der Waals surface area contributed by atoms with Gasteiger partial charge in [0.25, 0.3) is 0 Å². The fourth-order valence-corrected chi connectivity index (χ4v) is 1.78. The van der Waals surface area contributed by atoms with Crippen LogP contribution in [0.25, 0.3) is 0 Å². The van der Waals surface area contributed by atoms with Gasteiger partial charge < -0.3 is 9.84 Å². The molecule has 0 bridgehead atoms. The van der Waals surface area contributed by atoms with Crippen LogP contribution in [0.3, 0.4) is 0 Å². The Morgan fingerprint density at radius 1 is 1.40 bits per heavy atom. The zero-order valence-electron chi connectivity index (χ0n) is 8.30. The molecule has 0 amide bonds. The Morgan fingerprint density at radius 2 is 1.87 bits per heavy atom. The van der Waals surface area contributed by atoms with E-state index in [2.05, 4.69) is 4.74 Å². The van der Waals surface area contributed by atoms with Crippen LogP contribution >= 0.6 is 0 Å². The molecule has 0 aromatic rings. The summed E-state index contributed by atoms with van der Waals surface area (Å²) in [6.07, 6.45) is -5.45. The summed E-state index contributed by atoms with van der Waals surface area (Å²) in [5, 5.41) is 9.30. The molecule has 0 radical (unpaired) electrons. The molecule has 0 atom stereocenters. The van der Waals surface area contributed by atoms with E-state index in [0.29, 0.717) is 0 Å². The second kappa shape index (κ2) is 4.00. The third-order valence-corrected chi connectivity index (χ3v) is 2.87. The van der Waals surface area contributed by atoms with Crippen LogP contribution in [0.4, 0.5) is 13.2 Å². The molecule has 1 fully saturated rings. The highest BCUT2D eigenvalue weighted by atomic mass is 19.4. The summed E-state index contributed by atoms with van der Waals surface area (Å²) in [5.74, 6) is -1.02. The number of alkyl halides is 3. The lowest BCUT2D eigenvalue weighted by molar-refractivity contribution is -0.272. The molecule has 6 heteroatoms. The van der Waals surface area contributed by atoms with Crippen molar-refractivity contribution < 1.29 is 27.8 Å². The SMILES string of the molecule is COC(=O)C1CCC(O)(C(F)(F)F)CC1. The first-order chi connectivity index (χ1) is 6.80. The summed E-state index contributed by atoms with van der Waals surface area (Å²) in [6.45, 7) is 0. The zero-order valence-corrected chi connectivity index (χ0v) is 8.30. The van der Waals surface area contributed by atoms with E-state index < -0.39 is 36.5 Å². The van der Waals surface area contributed by atoms with Gasteiger partial charge in [0.15, 0.2) is 5.60 Å². The second-order valence-electron chi connectivity index (χ2n) is 3.83. The molecule has 1 saturated carbocycles. The smallest absolute Gasteiger partial charge is 0.417 e. The molecule has 0 aromatic heterocycles. The van der Waals surface area contributed by atoms with E-state index in [1.54, 1.807) is 0 Å². The number of ether oxygens (including phenoxy) is 1. The molecule has 88 valence electrons. The number of carbonyl (C=O) groups is 1. The van der Waals surface area contributed by atoms with Crippen molar-refractivity contribution in [3.63, 3.8) is 0 Å². The van der Waals surface area contributed by atoms with Gasteiger partial charge in [-0.3, -0.25) is 4.79 Å². The first-order valence-electron chi connectivity index (χ1n) is 4.67. The maximum absolute atomic E-state index is 12.4. The number of halogens is 3. The van der Waals surface area contributed by atoms with E-state index in [1.165, 1.54) is 7.11 Å². The van der Waals surface area contributed by atoms with E-state index in [0.717, 1.165) is 0 Å². The van der Waals surface area contributed by atoms with Crippen LogP contribution in [0.5, 0.6) is 0 Å². The van der Waals surface area contributed by atoms with Crippen molar-refractivity contribution in [2.75, 3.05) is 7.11 Å². The predicted octanol–water partition coefficient (Wildman–Crippen LogP) is 1.64. The Hall–Kier alpha value is -0.780. The van der Waals surface area contributed by atoms with Gasteiger partial charge in [-0.1, -0.05) is 0 Å². The number of carbonyl (C=O) groups excluding carboxylic acids is 1. The summed E-state index contributed by atoms with van der Waals surface area (Å²) in [4.78, 5) is 11.0. The average Bonchev–Trinajstić information content (AvgIpc) is 2.16. The lowest BCUT2D eigenvalue weighted by Gasteiger charge is -2.36. The van der Waals surface area contributed by atoms with Crippen molar-refractivity contribution in [2.24, 2.45) is 5.92 Å². The van der Waals surface area contributed by atoms with Gasteiger partial charge in [0, 0.05) is 0 Å². The maximum Gasteiger partial charge on any atom is 0.417 e. The third-order valence-electron chi connectivity index (χ3n) is 2.87. The van der Waals surface area contributed by atoms with Crippen LogP contribution in [0, 0.1) is 5.92 Å². The lowest BCUT2D eigenvalue weighted by atomic mass is 9.78. The Kier molecular flexibility index (Phi) is 3.28. The quantitative estimate of drug-likeness (QED) is 0.691. The summed E-state index contributed by atoms with van der Waals surface area (Å²) < 4.78 is 41.5. The van der Waals surface area contributed by atoms with Gasteiger partial charge in [-0.15, -0.1) is 0 Å². The number of rotatable bonds is 1. The first kappa shape index (κ1) is 12.3. The normalized spacial score (nSPS) is 32.5. The summed E-state index contributed by atoms with van der Waals surface area (Å²) in [6, 6.07) is 0. The van der Waals surface area contributed by atoms with Gasteiger partial charge in [-0.25, -0.2) is 0 Å². The molecule has 0 saturated heterocycles. The highest BCUT2D eigenvalue weighted by Gasteiger charge is 2.55.